The largest absolute Gasteiger partial charge is 0.398 e. The first-order valence-electron chi connectivity index (χ1n) is 5.44. The minimum Gasteiger partial charge on any atom is -0.398 e. The fraction of sp³-hybridized carbons (Fsp3) is 0.182. The fourth-order valence-corrected chi connectivity index (χ4v) is 4.54. The molecule has 1 aromatic carbocycles. The van der Waals surface area contributed by atoms with Crippen molar-refractivity contribution >= 4 is 43.9 Å². The van der Waals surface area contributed by atoms with Gasteiger partial charge in [0, 0.05) is 27.9 Å². The van der Waals surface area contributed by atoms with Crippen molar-refractivity contribution in [2.24, 2.45) is 0 Å². The highest BCUT2D eigenvalue weighted by molar-refractivity contribution is 8.01. The number of thioether (sulfide) groups is 1. The summed E-state index contributed by atoms with van der Waals surface area (Å²) in [7, 11) is -3.35. The number of benzene rings is 1. The van der Waals surface area contributed by atoms with E-state index in [-0.39, 0.29) is 5.75 Å². The lowest BCUT2D eigenvalue weighted by atomic mass is 10.3. The number of rotatable bonds is 6. The predicted molar refractivity (Wildman–Crippen MR) is 81.1 cm³/mol. The van der Waals surface area contributed by atoms with Crippen LogP contribution in [0.1, 0.15) is 0 Å². The summed E-state index contributed by atoms with van der Waals surface area (Å²) in [5.74, 6) is 0.459. The van der Waals surface area contributed by atoms with Gasteiger partial charge in [0.05, 0.1) is 5.75 Å². The van der Waals surface area contributed by atoms with Crippen LogP contribution < -0.4 is 10.5 Å². The Morgan fingerprint density at radius 1 is 1.37 bits per heavy atom. The monoisotopic (exact) mass is 315 g/mol. The van der Waals surface area contributed by atoms with E-state index in [1.165, 1.54) is 23.1 Å². The van der Waals surface area contributed by atoms with Crippen molar-refractivity contribution in [1.29, 1.82) is 0 Å². The van der Waals surface area contributed by atoms with Crippen LogP contribution in [0.5, 0.6) is 0 Å². The topological polar surface area (TPSA) is 85.1 Å². The lowest BCUT2D eigenvalue weighted by Crippen LogP contribution is -2.18. The molecule has 1 heterocycles. The van der Waals surface area contributed by atoms with Gasteiger partial charge < -0.3 is 5.73 Å². The normalized spacial score (nSPS) is 11.4. The molecule has 1 aromatic heterocycles. The summed E-state index contributed by atoms with van der Waals surface area (Å²) in [5, 5.41) is 2.11. The van der Waals surface area contributed by atoms with E-state index in [0.29, 0.717) is 16.6 Å². The van der Waals surface area contributed by atoms with Crippen LogP contribution in [0.4, 0.5) is 10.8 Å². The number of nitrogens with zero attached hydrogens (tertiary/aromatic N) is 1. The summed E-state index contributed by atoms with van der Waals surface area (Å²) < 4.78 is 26.0. The van der Waals surface area contributed by atoms with Gasteiger partial charge in [0.1, 0.15) is 0 Å². The number of nitrogens with two attached hydrogens (primary N) is 1. The Kier molecular flexibility index (Phi) is 4.67. The number of para-hydroxylation sites is 1. The molecule has 0 spiro atoms. The summed E-state index contributed by atoms with van der Waals surface area (Å²) in [5.41, 5.74) is 6.45. The minimum atomic E-state index is -3.35. The molecule has 0 saturated heterocycles. The second-order valence-corrected chi connectivity index (χ2v) is 7.52. The highest BCUT2D eigenvalue weighted by Gasteiger charge is 2.12. The van der Waals surface area contributed by atoms with Gasteiger partial charge in [-0.05, 0) is 12.1 Å². The maximum Gasteiger partial charge on any atom is 0.235 e. The number of nitrogen functional groups attached to an aromatic ring is 1. The molecular formula is C11H13N3O2S3. The van der Waals surface area contributed by atoms with Crippen molar-refractivity contribution in [2.45, 2.75) is 4.90 Å². The molecule has 0 aliphatic rings. The molecule has 0 unspecified atom stereocenters. The molecule has 19 heavy (non-hydrogen) atoms. The molecule has 8 heteroatoms. The average molecular weight is 315 g/mol. The standard InChI is InChI=1S/C11H13N3O2S3/c12-9-3-1-2-4-10(9)17-7-8-19(15,16)14-11-13-5-6-18-11/h1-6H,7-8,12H2,(H,13,14). The number of aromatic nitrogens is 1. The van der Waals surface area contributed by atoms with Crippen molar-refractivity contribution in [1.82, 2.24) is 4.98 Å². The second kappa shape index (κ2) is 6.27. The fourth-order valence-electron chi connectivity index (χ4n) is 1.33. The number of hydrogen-bond donors (Lipinski definition) is 2. The van der Waals surface area contributed by atoms with Crippen molar-refractivity contribution in [3.8, 4) is 0 Å². The van der Waals surface area contributed by atoms with Crippen LogP contribution in [0.25, 0.3) is 0 Å². The summed E-state index contributed by atoms with van der Waals surface area (Å²) in [6.07, 6.45) is 1.56. The molecule has 0 aliphatic carbocycles. The molecule has 0 atom stereocenters. The zero-order chi connectivity index (χ0) is 13.7. The van der Waals surface area contributed by atoms with Crippen molar-refractivity contribution in [3.05, 3.63) is 35.8 Å². The van der Waals surface area contributed by atoms with Gasteiger partial charge in [-0.3, -0.25) is 4.72 Å². The highest BCUT2D eigenvalue weighted by Crippen LogP contribution is 2.24. The van der Waals surface area contributed by atoms with Crippen LogP contribution in [-0.4, -0.2) is 24.9 Å². The summed E-state index contributed by atoms with van der Waals surface area (Å²) >= 11 is 2.68. The van der Waals surface area contributed by atoms with E-state index in [1.807, 2.05) is 18.2 Å². The third-order valence-electron chi connectivity index (χ3n) is 2.20. The first-order valence-corrected chi connectivity index (χ1v) is 8.96. The quantitative estimate of drug-likeness (QED) is 0.631. The molecule has 0 fully saturated rings. The van der Waals surface area contributed by atoms with Gasteiger partial charge in [0.15, 0.2) is 5.13 Å². The molecule has 3 N–H and O–H groups in total. The van der Waals surface area contributed by atoms with Gasteiger partial charge >= 0.3 is 0 Å². The molecule has 102 valence electrons. The molecule has 0 radical (unpaired) electrons. The number of hydrogen-bond acceptors (Lipinski definition) is 6. The lowest BCUT2D eigenvalue weighted by molar-refractivity contribution is 0.602. The van der Waals surface area contributed by atoms with Gasteiger partial charge in [0.25, 0.3) is 0 Å². The van der Waals surface area contributed by atoms with Gasteiger partial charge in [-0.25, -0.2) is 13.4 Å². The Morgan fingerprint density at radius 3 is 2.84 bits per heavy atom. The first-order chi connectivity index (χ1) is 9.07. The Balaban J connectivity index is 1.87. The van der Waals surface area contributed by atoms with Crippen molar-refractivity contribution < 1.29 is 8.42 Å². The number of nitrogens with one attached hydrogen (secondary N) is 1. The van der Waals surface area contributed by atoms with Gasteiger partial charge in [-0.1, -0.05) is 12.1 Å². The van der Waals surface area contributed by atoms with Crippen LogP contribution in [0, 0.1) is 0 Å². The van der Waals surface area contributed by atoms with Gasteiger partial charge in [-0.15, -0.1) is 23.1 Å². The first kappa shape index (κ1) is 14.2. The number of sulfonamides is 1. The maximum atomic E-state index is 11.8. The van der Waals surface area contributed by atoms with E-state index in [4.69, 9.17) is 5.73 Å². The van der Waals surface area contributed by atoms with E-state index in [2.05, 4.69) is 9.71 Å². The Bertz CT molecular complexity index is 626. The van der Waals surface area contributed by atoms with Crippen molar-refractivity contribution in [3.63, 3.8) is 0 Å². The SMILES string of the molecule is Nc1ccccc1SCCS(=O)(=O)Nc1nccs1. The van der Waals surface area contributed by atoms with E-state index in [0.717, 1.165) is 4.90 Å². The molecule has 0 bridgehead atoms. The lowest BCUT2D eigenvalue weighted by Gasteiger charge is -2.06. The smallest absolute Gasteiger partial charge is 0.235 e. The van der Waals surface area contributed by atoms with Crippen molar-refractivity contribution in [2.75, 3.05) is 22.0 Å². The third-order valence-corrected chi connectivity index (χ3v) is 5.62. The minimum absolute atomic E-state index is 0.0194. The Morgan fingerprint density at radius 2 is 2.16 bits per heavy atom. The average Bonchev–Trinajstić information content (AvgIpc) is 2.83. The van der Waals surface area contributed by atoms with E-state index < -0.39 is 10.0 Å². The van der Waals surface area contributed by atoms with E-state index in [1.54, 1.807) is 17.6 Å². The molecule has 0 saturated carbocycles. The van der Waals surface area contributed by atoms with E-state index >= 15 is 0 Å². The second-order valence-electron chi connectivity index (χ2n) is 3.64. The summed E-state index contributed by atoms with van der Waals surface area (Å²) in [6.45, 7) is 0. The number of thiazole rings is 1. The molecule has 0 amide bonds. The predicted octanol–water partition coefficient (Wildman–Crippen LogP) is 2.26. The van der Waals surface area contributed by atoms with Crippen LogP contribution in [-0.2, 0) is 10.0 Å². The molecular weight excluding hydrogens is 302 g/mol. The van der Waals surface area contributed by atoms with Gasteiger partial charge in [0.2, 0.25) is 10.0 Å². The number of anilines is 2. The molecule has 2 rings (SSSR count). The molecule has 5 nitrogen and oxygen atoms in total. The summed E-state index contributed by atoms with van der Waals surface area (Å²) in [6, 6.07) is 7.40. The van der Waals surface area contributed by atoms with Crippen LogP contribution >= 0.6 is 23.1 Å². The molecule has 0 aliphatic heterocycles. The van der Waals surface area contributed by atoms with Crippen LogP contribution in [0.3, 0.4) is 0 Å². The molecule has 2 aromatic rings. The van der Waals surface area contributed by atoms with Gasteiger partial charge in [-0.2, -0.15) is 0 Å². The third kappa shape index (κ3) is 4.41. The van der Waals surface area contributed by atoms with E-state index in [9.17, 15) is 8.42 Å². The zero-order valence-electron chi connectivity index (χ0n) is 9.94. The van der Waals surface area contributed by atoms with Crippen LogP contribution in [0.15, 0.2) is 40.7 Å². The highest BCUT2D eigenvalue weighted by atomic mass is 32.2. The zero-order valence-corrected chi connectivity index (χ0v) is 12.4. The maximum absolute atomic E-state index is 11.8. The Hall–Kier alpha value is -1.25. The van der Waals surface area contributed by atoms with Crippen LogP contribution in [0.2, 0.25) is 0 Å². The summed E-state index contributed by atoms with van der Waals surface area (Å²) in [4.78, 5) is 4.78. The Labute approximate surface area is 120 Å².